The van der Waals surface area contributed by atoms with Crippen LogP contribution in [0.25, 0.3) is 0 Å². The van der Waals surface area contributed by atoms with Gasteiger partial charge in [0.2, 0.25) is 0 Å². The first-order chi connectivity index (χ1) is 10.2. The van der Waals surface area contributed by atoms with Crippen molar-refractivity contribution in [3.8, 4) is 5.75 Å². The van der Waals surface area contributed by atoms with Crippen molar-refractivity contribution in [1.82, 2.24) is 10.3 Å². The zero-order chi connectivity index (χ0) is 15.1. The molecule has 0 aliphatic heterocycles. The summed E-state index contributed by atoms with van der Waals surface area (Å²) in [6.45, 7) is 2.35. The molecule has 116 valence electrons. The third-order valence-corrected chi connectivity index (χ3v) is 3.83. The van der Waals surface area contributed by atoms with Gasteiger partial charge in [-0.05, 0) is 38.4 Å². The number of hydrogen-bond donors (Lipinski definition) is 2. The van der Waals surface area contributed by atoms with Gasteiger partial charge in [0.15, 0.2) is 6.10 Å². The Morgan fingerprint density at radius 1 is 1.43 bits per heavy atom. The summed E-state index contributed by atoms with van der Waals surface area (Å²) in [7, 11) is 0. The predicted octanol–water partition coefficient (Wildman–Crippen LogP) is 1.80. The van der Waals surface area contributed by atoms with Crippen LogP contribution in [0.2, 0.25) is 0 Å². The van der Waals surface area contributed by atoms with Crippen LogP contribution in [0, 0.1) is 0 Å². The second-order valence-electron chi connectivity index (χ2n) is 5.63. The molecule has 0 aromatic carbocycles. The molecule has 1 heterocycles. The fourth-order valence-corrected chi connectivity index (χ4v) is 2.60. The van der Waals surface area contributed by atoms with Gasteiger partial charge in [-0.25, -0.2) is 0 Å². The molecule has 2 rings (SSSR count). The van der Waals surface area contributed by atoms with Crippen LogP contribution in [0.1, 0.15) is 44.7 Å². The van der Waals surface area contributed by atoms with Crippen LogP contribution in [0.4, 0.5) is 0 Å². The molecule has 0 radical (unpaired) electrons. The molecular formula is C16H25N3O2. The van der Waals surface area contributed by atoms with Gasteiger partial charge in [0.1, 0.15) is 5.75 Å². The van der Waals surface area contributed by atoms with Crippen molar-refractivity contribution < 1.29 is 9.53 Å². The average molecular weight is 291 g/mol. The molecule has 1 amide bonds. The number of hydrogen-bond acceptors (Lipinski definition) is 4. The summed E-state index contributed by atoms with van der Waals surface area (Å²) < 4.78 is 5.65. The first kappa shape index (κ1) is 15.8. The number of carbonyl (C=O) groups is 1. The van der Waals surface area contributed by atoms with Gasteiger partial charge in [-0.15, -0.1) is 0 Å². The van der Waals surface area contributed by atoms with Gasteiger partial charge in [0, 0.05) is 18.2 Å². The SMILES string of the molecule is CC(Oc1ccc(CCN)nc1)C(=O)NC1CCCCC1. The second kappa shape index (κ2) is 7.98. The van der Waals surface area contributed by atoms with E-state index in [1.54, 1.807) is 13.1 Å². The molecule has 1 fully saturated rings. The van der Waals surface area contributed by atoms with Crippen LogP contribution in [0.15, 0.2) is 18.3 Å². The summed E-state index contributed by atoms with van der Waals surface area (Å²) in [5, 5.41) is 3.07. The van der Waals surface area contributed by atoms with Crippen LogP contribution in [0.5, 0.6) is 5.75 Å². The number of ether oxygens (including phenoxy) is 1. The molecule has 1 aliphatic carbocycles. The van der Waals surface area contributed by atoms with E-state index in [0.29, 0.717) is 18.3 Å². The van der Waals surface area contributed by atoms with Crippen molar-refractivity contribution in [1.29, 1.82) is 0 Å². The molecule has 1 aromatic heterocycles. The fourth-order valence-electron chi connectivity index (χ4n) is 2.60. The smallest absolute Gasteiger partial charge is 0.260 e. The Labute approximate surface area is 126 Å². The van der Waals surface area contributed by atoms with E-state index in [9.17, 15) is 4.79 Å². The van der Waals surface area contributed by atoms with Gasteiger partial charge in [0.05, 0.1) is 6.20 Å². The standard InChI is InChI=1S/C16H25N3O2/c1-12(16(20)19-14-5-3-2-4-6-14)21-15-8-7-13(9-10-17)18-11-15/h7-8,11-12,14H,2-6,9-10,17H2,1H3,(H,19,20). The van der Waals surface area contributed by atoms with E-state index in [1.165, 1.54) is 19.3 Å². The molecule has 0 saturated heterocycles. The lowest BCUT2D eigenvalue weighted by Gasteiger charge is -2.24. The highest BCUT2D eigenvalue weighted by Gasteiger charge is 2.20. The van der Waals surface area contributed by atoms with E-state index in [0.717, 1.165) is 25.0 Å². The van der Waals surface area contributed by atoms with E-state index in [1.807, 2.05) is 12.1 Å². The van der Waals surface area contributed by atoms with Crippen molar-refractivity contribution in [3.63, 3.8) is 0 Å². The zero-order valence-electron chi connectivity index (χ0n) is 12.7. The summed E-state index contributed by atoms with van der Waals surface area (Å²) in [6, 6.07) is 4.03. The topological polar surface area (TPSA) is 77.2 Å². The van der Waals surface area contributed by atoms with Gasteiger partial charge >= 0.3 is 0 Å². The number of nitrogens with zero attached hydrogens (tertiary/aromatic N) is 1. The van der Waals surface area contributed by atoms with Crippen LogP contribution >= 0.6 is 0 Å². The van der Waals surface area contributed by atoms with Crippen molar-refractivity contribution in [2.75, 3.05) is 6.54 Å². The molecule has 1 saturated carbocycles. The minimum Gasteiger partial charge on any atom is -0.479 e. The lowest BCUT2D eigenvalue weighted by atomic mass is 9.95. The number of pyridine rings is 1. The molecule has 5 heteroatoms. The van der Waals surface area contributed by atoms with Crippen LogP contribution < -0.4 is 15.8 Å². The number of carbonyl (C=O) groups excluding carboxylic acids is 1. The lowest BCUT2D eigenvalue weighted by Crippen LogP contribution is -2.43. The number of nitrogens with two attached hydrogens (primary N) is 1. The maximum Gasteiger partial charge on any atom is 0.260 e. The first-order valence-electron chi connectivity index (χ1n) is 7.81. The van der Waals surface area contributed by atoms with Gasteiger partial charge in [-0.1, -0.05) is 19.3 Å². The normalized spacial score (nSPS) is 17.2. The maximum absolute atomic E-state index is 12.1. The second-order valence-corrected chi connectivity index (χ2v) is 5.63. The van der Waals surface area contributed by atoms with Gasteiger partial charge in [0.25, 0.3) is 5.91 Å². The van der Waals surface area contributed by atoms with E-state index in [2.05, 4.69) is 10.3 Å². The highest BCUT2D eigenvalue weighted by molar-refractivity contribution is 5.81. The van der Waals surface area contributed by atoms with Crippen LogP contribution in [-0.2, 0) is 11.2 Å². The highest BCUT2D eigenvalue weighted by atomic mass is 16.5. The van der Waals surface area contributed by atoms with Gasteiger partial charge in [-0.2, -0.15) is 0 Å². The molecule has 3 N–H and O–H groups in total. The third-order valence-electron chi connectivity index (χ3n) is 3.83. The number of rotatable bonds is 6. The lowest BCUT2D eigenvalue weighted by molar-refractivity contribution is -0.128. The largest absolute Gasteiger partial charge is 0.479 e. The molecule has 0 bridgehead atoms. The minimum absolute atomic E-state index is 0.0482. The van der Waals surface area contributed by atoms with Crippen LogP contribution in [-0.4, -0.2) is 29.6 Å². The van der Waals surface area contributed by atoms with E-state index < -0.39 is 6.10 Å². The predicted molar refractivity (Wildman–Crippen MR) is 82.1 cm³/mol. The van der Waals surface area contributed by atoms with Crippen molar-refractivity contribution in [2.24, 2.45) is 5.73 Å². The number of nitrogens with one attached hydrogen (secondary N) is 1. The maximum atomic E-state index is 12.1. The van der Waals surface area contributed by atoms with Gasteiger partial charge in [-0.3, -0.25) is 9.78 Å². The monoisotopic (exact) mass is 291 g/mol. The first-order valence-corrected chi connectivity index (χ1v) is 7.81. The highest BCUT2D eigenvalue weighted by Crippen LogP contribution is 2.18. The average Bonchev–Trinajstić information content (AvgIpc) is 2.50. The molecule has 1 atom stereocenters. The van der Waals surface area contributed by atoms with Gasteiger partial charge < -0.3 is 15.8 Å². The van der Waals surface area contributed by atoms with Crippen molar-refractivity contribution in [3.05, 3.63) is 24.0 Å². The van der Waals surface area contributed by atoms with Crippen LogP contribution in [0.3, 0.4) is 0 Å². The summed E-state index contributed by atoms with van der Waals surface area (Å²) in [5.74, 6) is 0.565. The molecule has 0 spiro atoms. The van der Waals surface area contributed by atoms with E-state index in [4.69, 9.17) is 10.5 Å². The van der Waals surface area contributed by atoms with Crippen molar-refractivity contribution in [2.45, 2.75) is 57.6 Å². The molecule has 21 heavy (non-hydrogen) atoms. The fraction of sp³-hybridized carbons (Fsp3) is 0.625. The molecular weight excluding hydrogens is 266 g/mol. The molecule has 1 aliphatic rings. The zero-order valence-corrected chi connectivity index (χ0v) is 12.7. The number of amides is 1. The Kier molecular flexibility index (Phi) is 5.99. The van der Waals surface area contributed by atoms with Crippen molar-refractivity contribution >= 4 is 5.91 Å². The Balaban J connectivity index is 1.81. The summed E-state index contributed by atoms with van der Waals surface area (Å²) in [6.07, 6.45) is 7.72. The number of aromatic nitrogens is 1. The van der Waals surface area contributed by atoms with E-state index >= 15 is 0 Å². The molecule has 5 nitrogen and oxygen atoms in total. The Morgan fingerprint density at radius 3 is 2.81 bits per heavy atom. The summed E-state index contributed by atoms with van der Waals surface area (Å²) in [4.78, 5) is 16.4. The third kappa shape index (κ3) is 5.01. The molecule has 1 aromatic rings. The quantitative estimate of drug-likeness (QED) is 0.838. The summed E-state index contributed by atoms with van der Waals surface area (Å²) >= 11 is 0. The Bertz CT molecular complexity index is 441. The van der Waals surface area contributed by atoms with E-state index in [-0.39, 0.29) is 5.91 Å². The molecule has 1 unspecified atom stereocenters. The summed E-state index contributed by atoms with van der Waals surface area (Å²) in [5.41, 5.74) is 6.42. The Morgan fingerprint density at radius 2 is 2.19 bits per heavy atom. The minimum atomic E-state index is -0.505. The Hall–Kier alpha value is -1.62.